The molecule has 120 valence electrons. The molecule has 0 atom stereocenters. The molecule has 1 aromatic carbocycles. The van der Waals surface area contributed by atoms with Crippen LogP contribution >= 0.6 is 0 Å². The molecule has 0 unspecified atom stereocenters. The summed E-state index contributed by atoms with van der Waals surface area (Å²) < 4.78 is 4.75. The second kappa shape index (κ2) is 7.11. The van der Waals surface area contributed by atoms with Gasteiger partial charge in [-0.05, 0) is 6.07 Å². The van der Waals surface area contributed by atoms with E-state index in [2.05, 4.69) is 15.8 Å². The van der Waals surface area contributed by atoms with Crippen LogP contribution in [0.1, 0.15) is 12.8 Å². The topological polar surface area (TPSA) is 140 Å². The number of esters is 1. The molecule has 0 bridgehead atoms. The SMILES string of the molecule is O=C1CCC(C(=O)OCC(=O)Nc2ccccc2[N+](=O)[O-])=NN1. The van der Waals surface area contributed by atoms with Crippen molar-refractivity contribution >= 4 is 34.9 Å². The first kappa shape index (κ1) is 16.1. The molecule has 0 aliphatic carbocycles. The van der Waals surface area contributed by atoms with Crippen LogP contribution in [0.3, 0.4) is 0 Å². The lowest BCUT2D eigenvalue weighted by atomic mass is 10.2. The number of nitro benzene ring substituents is 1. The predicted octanol–water partition coefficient (Wildman–Crippen LogP) is 0.342. The van der Waals surface area contributed by atoms with Crippen molar-refractivity contribution in [2.45, 2.75) is 12.8 Å². The van der Waals surface area contributed by atoms with Crippen molar-refractivity contribution in [3.8, 4) is 0 Å². The van der Waals surface area contributed by atoms with Crippen molar-refractivity contribution < 1.29 is 24.0 Å². The van der Waals surface area contributed by atoms with Crippen molar-refractivity contribution in [3.05, 3.63) is 34.4 Å². The van der Waals surface area contributed by atoms with E-state index < -0.39 is 23.4 Å². The molecule has 1 aliphatic heterocycles. The van der Waals surface area contributed by atoms with Gasteiger partial charge in [0.1, 0.15) is 11.4 Å². The molecule has 0 fully saturated rings. The van der Waals surface area contributed by atoms with E-state index in [4.69, 9.17) is 4.74 Å². The highest BCUT2D eigenvalue weighted by Crippen LogP contribution is 2.22. The fourth-order valence-electron chi connectivity index (χ4n) is 1.76. The van der Waals surface area contributed by atoms with Crippen LogP contribution in [-0.2, 0) is 19.1 Å². The first-order valence-corrected chi connectivity index (χ1v) is 6.53. The molecule has 10 heteroatoms. The molecule has 0 saturated carbocycles. The minimum absolute atomic E-state index is 0.000759. The third kappa shape index (κ3) is 4.33. The zero-order valence-electron chi connectivity index (χ0n) is 11.8. The molecule has 2 N–H and O–H groups in total. The summed E-state index contributed by atoms with van der Waals surface area (Å²) in [5.41, 5.74) is 1.86. The number of amides is 2. The Labute approximate surface area is 129 Å². The number of carbonyl (C=O) groups is 3. The largest absolute Gasteiger partial charge is 0.451 e. The smallest absolute Gasteiger partial charge is 0.355 e. The molecule has 23 heavy (non-hydrogen) atoms. The van der Waals surface area contributed by atoms with Gasteiger partial charge in [0.05, 0.1) is 4.92 Å². The van der Waals surface area contributed by atoms with Gasteiger partial charge in [-0.2, -0.15) is 5.10 Å². The Balaban J connectivity index is 1.90. The van der Waals surface area contributed by atoms with Gasteiger partial charge in [-0.25, -0.2) is 10.2 Å². The van der Waals surface area contributed by atoms with Crippen LogP contribution in [0.25, 0.3) is 0 Å². The van der Waals surface area contributed by atoms with Gasteiger partial charge in [-0.3, -0.25) is 19.7 Å². The molecule has 1 aliphatic rings. The van der Waals surface area contributed by atoms with E-state index in [1.54, 1.807) is 0 Å². The number of hydrazone groups is 1. The summed E-state index contributed by atoms with van der Waals surface area (Å²) in [6, 6.07) is 5.58. The van der Waals surface area contributed by atoms with Crippen molar-refractivity contribution in [1.82, 2.24) is 5.43 Å². The Morgan fingerprint density at radius 2 is 2.09 bits per heavy atom. The van der Waals surface area contributed by atoms with E-state index in [0.717, 1.165) is 0 Å². The molecule has 0 radical (unpaired) electrons. The van der Waals surface area contributed by atoms with Crippen LogP contribution in [0.2, 0.25) is 0 Å². The number of nitrogens with one attached hydrogen (secondary N) is 2. The normalized spacial score (nSPS) is 13.6. The van der Waals surface area contributed by atoms with Crippen LogP contribution in [0.4, 0.5) is 11.4 Å². The zero-order chi connectivity index (χ0) is 16.8. The summed E-state index contributed by atoms with van der Waals surface area (Å²) in [4.78, 5) is 44.4. The molecule has 2 rings (SSSR count). The van der Waals surface area contributed by atoms with E-state index in [0.29, 0.717) is 0 Å². The molecule has 10 nitrogen and oxygen atoms in total. The summed E-state index contributed by atoms with van der Waals surface area (Å²) in [6.07, 6.45) is 0.229. The Morgan fingerprint density at radius 1 is 1.35 bits per heavy atom. The third-order valence-electron chi connectivity index (χ3n) is 2.85. The van der Waals surface area contributed by atoms with Gasteiger partial charge in [-0.1, -0.05) is 12.1 Å². The quantitative estimate of drug-likeness (QED) is 0.455. The summed E-state index contributed by atoms with van der Waals surface area (Å²) >= 11 is 0. The molecule has 0 spiro atoms. The summed E-state index contributed by atoms with van der Waals surface area (Å²) in [5, 5.41) is 16.6. The number of para-hydroxylation sites is 2. The van der Waals surface area contributed by atoms with Gasteiger partial charge < -0.3 is 10.1 Å². The molecular weight excluding hydrogens is 308 g/mol. The minimum Gasteiger partial charge on any atom is -0.451 e. The zero-order valence-corrected chi connectivity index (χ0v) is 11.8. The van der Waals surface area contributed by atoms with E-state index >= 15 is 0 Å². The van der Waals surface area contributed by atoms with Gasteiger partial charge in [0.25, 0.3) is 11.6 Å². The highest BCUT2D eigenvalue weighted by atomic mass is 16.6. The van der Waals surface area contributed by atoms with Gasteiger partial charge in [0, 0.05) is 18.9 Å². The highest BCUT2D eigenvalue weighted by Gasteiger charge is 2.21. The molecule has 0 aromatic heterocycles. The molecule has 1 heterocycles. The monoisotopic (exact) mass is 320 g/mol. The van der Waals surface area contributed by atoms with Crippen LogP contribution in [0, 0.1) is 10.1 Å². The Kier molecular flexibility index (Phi) is 4.97. The number of ether oxygens (including phenoxy) is 1. The second-order valence-electron chi connectivity index (χ2n) is 4.49. The van der Waals surface area contributed by atoms with Crippen molar-refractivity contribution in [2.75, 3.05) is 11.9 Å². The fourth-order valence-corrected chi connectivity index (χ4v) is 1.76. The number of nitro groups is 1. The maximum absolute atomic E-state index is 11.7. The molecule has 2 amide bonds. The minimum atomic E-state index is -0.831. The van der Waals surface area contributed by atoms with Crippen LogP contribution < -0.4 is 10.7 Å². The number of rotatable bonds is 5. The first-order valence-electron chi connectivity index (χ1n) is 6.53. The Hall–Kier alpha value is -3.30. The van der Waals surface area contributed by atoms with Crippen molar-refractivity contribution in [3.63, 3.8) is 0 Å². The number of carbonyl (C=O) groups excluding carboxylic acids is 3. The van der Waals surface area contributed by atoms with E-state index in [1.165, 1.54) is 24.3 Å². The van der Waals surface area contributed by atoms with E-state index in [1.807, 2.05) is 0 Å². The number of benzene rings is 1. The van der Waals surface area contributed by atoms with Gasteiger partial charge in [-0.15, -0.1) is 0 Å². The van der Waals surface area contributed by atoms with Crippen LogP contribution in [-0.4, -0.2) is 35.0 Å². The molecular formula is C13H12N4O6. The number of hydrogen-bond acceptors (Lipinski definition) is 7. The predicted molar refractivity (Wildman–Crippen MR) is 77.5 cm³/mol. The lowest BCUT2D eigenvalue weighted by Gasteiger charge is -2.11. The fraction of sp³-hybridized carbons (Fsp3) is 0.231. The lowest BCUT2D eigenvalue weighted by Crippen LogP contribution is -2.32. The summed E-state index contributed by atoms with van der Waals surface area (Å²) in [6.45, 7) is -0.627. The van der Waals surface area contributed by atoms with Crippen molar-refractivity contribution in [1.29, 1.82) is 0 Å². The third-order valence-corrected chi connectivity index (χ3v) is 2.85. The lowest BCUT2D eigenvalue weighted by molar-refractivity contribution is -0.383. The Morgan fingerprint density at radius 3 is 2.74 bits per heavy atom. The standard InChI is InChI=1S/C13H12N4O6/c18-11-6-5-9(15-16-11)13(20)23-7-12(19)14-8-3-1-2-4-10(8)17(21)22/h1-4H,5-7H2,(H,14,19)(H,16,18). The maximum atomic E-state index is 11.7. The maximum Gasteiger partial charge on any atom is 0.355 e. The van der Waals surface area contributed by atoms with Gasteiger partial charge in [0.15, 0.2) is 6.61 Å². The first-order chi connectivity index (χ1) is 11.0. The Bertz CT molecular complexity index is 699. The van der Waals surface area contributed by atoms with E-state index in [-0.39, 0.29) is 35.8 Å². The van der Waals surface area contributed by atoms with Gasteiger partial charge in [0.2, 0.25) is 5.91 Å². The van der Waals surface area contributed by atoms with Gasteiger partial charge >= 0.3 is 5.97 Å². The summed E-state index contributed by atoms with van der Waals surface area (Å²) in [5.74, 6) is -1.87. The average Bonchev–Trinajstić information content (AvgIpc) is 2.53. The summed E-state index contributed by atoms with van der Waals surface area (Å²) in [7, 11) is 0. The average molecular weight is 320 g/mol. The second-order valence-corrected chi connectivity index (χ2v) is 4.49. The van der Waals surface area contributed by atoms with Crippen LogP contribution in [0.15, 0.2) is 29.4 Å². The number of hydrogen-bond donors (Lipinski definition) is 2. The highest BCUT2D eigenvalue weighted by molar-refractivity contribution is 6.37. The number of nitrogens with zero attached hydrogens (tertiary/aromatic N) is 2. The van der Waals surface area contributed by atoms with E-state index in [9.17, 15) is 24.5 Å². The molecule has 1 aromatic rings. The molecule has 0 saturated heterocycles. The van der Waals surface area contributed by atoms with Crippen molar-refractivity contribution in [2.24, 2.45) is 5.10 Å². The van der Waals surface area contributed by atoms with Crippen LogP contribution in [0.5, 0.6) is 0 Å². The number of anilines is 1.